The molecule has 0 bridgehead atoms. The van der Waals surface area contributed by atoms with Gasteiger partial charge in [0.1, 0.15) is 5.75 Å². The molecule has 3 aromatic carbocycles. The molecular formula is C19H14O2. The van der Waals surface area contributed by atoms with E-state index in [-0.39, 0.29) is 5.78 Å². The zero-order valence-corrected chi connectivity index (χ0v) is 11.7. The van der Waals surface area contributed by atoms with Crippen LogP contribution in [0.25, 0.3) is 21.9 Å². The molecule has 0 radical (unpaired) electrons. The molecule has 102 valence electrons. The Balaban J connectivity index is 2.21. The van der Waals surface area contributed by atoms with Crippen molar-refractivity contribution in [2.45, 2.75) is 6.92 Å². The van der Waals surface area contributed by atoms with Gasteiger partial charge in [-0.2, -0.15) is 0 Å². The van der Waals surface area contributed by atoms with E-state index in [1.54, 1.807) is 0 Å². The number of fused-ring (bicyclic) bond motifs is 2. The van der Waals surface area contributed by atoms with Gasteiger partial charge >= 0.3 is 0 Å². The lowest BCUT2D eigenvalue weighted by Crippen LogP contribution is -2.10. The Hall–Kier alpha value is -2.61. The molecule has 2 nitrogen and oxygen atoms in total. The van der Waals surface area contributed by atoms with Crippen LogP contribution in [0.4, 0.5) is 0 Å². The number of ether oxygens (including phenoxy) is 1. The topological polar surface area (TPSA) is 26.3 Å². The van der Waals surface area contributed by atoms with Gasteiger partial charge in [0.15, 0.2) is 5.78 Å². The van der Waals surface area contributed by atoms with E-state index in [0.29, 0.717) is 6.61 Å². The largest absolute Gasteiger partial charge is 0.493 e. The Morgan fingerprint density at radius 1 is 0.857 bits per heavy atom. The molecular weight excluding hydrogens is 260 g/mol. The molecule has 0 spiro atoms. The van der Waals surface area contributed by atoms with Gasteiger partial charge in [-0.15, -0.1) is 0 Å². The van der Waals surface area contributed by atoms with Gasteiger partial charge < -0.3 is 4.74 Å². The molecule has 0 saturated carbocycles. The van der Waals surface area contributed by atoms with Crippen molar-refractivity contribution >= 4 is 16.6 Å². The van der Waals surface area contributed by atoms with E-state index < -0.39 is 0 Å². The molecule has 0 saturated heterocycles. The lowest BCUT2D eigenvalue weighted by atomic mass is 9.82. The SMILES string of the molecule is CCOc1ccc2cccc3c2c1-c1ccccc1C3=O. The van der Waals surface area contributed by atoms with Crippen molar-refractivity contribution in [3.8, 4) is 16.9 Å². The fourth-order valence-corrected chi connectivity index (χ4v) is 3.14. The highest BCUT2D eigenvalue weighted by Gasteiger charge is 2.27. The van der Waals surface area contributed by atoms with Crippen molar-refractivity contribution in [1.29, 1.82) is 0 Å². The summed E-state index contributed by atoms with van der Waals surface area (Å²) in [7, 11) is 0. The van der Waals surface area contributed by atoms with E-state index in [0.717, 1.165) is 38.8 Å². The number of hydrogen-bond acceptors (Lipinski definition) is 2. The minimum absolute atomic E-state index is 0.0948. The van der Waals surface area contributed by atoms with E-state index in [9.17, 15) is 4.79 Å². The Labute approximate surface area is 123 Å². The number of benzene rings is 3. The normalized spacial score (nSPS) is 12.3. The highest BCUT2D eigenvalue weighted by Crippen LogP contribution is 2.44. The van der Waals surface area contributed by atoms with Crippen LogP contribution in [0.1, 0.15) is 22.8 Å². The molecule has 0 amide bonds. The first-order valence-corrected chi connectivity index (χ1v) is 7.14. The number of carbonyl (C=O) groups excluding carboxylic acids is 1. The molecule has 2 heteroatoms. The van der Waals surface area contributed by atoms with Gasteiger partial charge in [-0.1, -0.05) is 48.5 Å². The maximum absolute atomic E-state index is 12.7. The lowest BCUT2D eigenvalue weighted by Gasteiger charge is -2.22. The van der Waals surface area contributed by atoms with Crippen LogP contribution in [0, 0.1) is 0 Å². The minimum atomic E-state index is 0.0948. The second-order valence-electron chi connectivity index (χ2n) is 5.15. The van der Waals surface area contributed by atoms with Crippen molar-refractivity contribution in [3.63, 3.8) is 0 Å². The first-order chi connectivity index (χ1) is 10.3. The number of hydrogen-bond donors (Lipinski definition) is 0. The van der Waals surface area contributed by atoms with Crippen molar-refractivity contribution in [2.75, 3.05) is 6.61 Å². The van der Waals surface area contributed by atoms with Crippen LogP contribution in [-0.2, 0) is 0 Å². The standard InChI is InChI=1S/C19H14O2/c1-2-21-16-11-10-12-6-5-9-15-17(12)18(16)13-7-3-4-8-14(13)19(15)20/h3-11H,2H2,1H3. The van der Waals surface area contributed by atoms with Gasteiger partial charge in [0, 0.05) is 22.1 Å². The van der Waals surface area contributed by atoms with Crippen LogP contribution < -0.4 is 4.74 Å². The maximum atomic E-state index is 12.7. The summed E-state index contributed by atoms with van der Waals surface area (Å²) in [5.74, 6) is 0.940. The van der Waals surface area contributed by atoms with Crippen molar-refractivity contribution in [1.82, 2.24) is 0 Å². The first-order valence-electron chi connectivity index (χ1n) is 7.14. The summed E-state index contributed by atoms with van der Waals surface area (Å²) in [6.07, 6.45) is 0. The summed E-state index contributed by atoms with van der Waals surface area (Å²) in [5.41, 5.74) is 3.53. The third-order valence-corrected chi connectivity index (χ3v) is 3.99. The van der Waals surface area contributed by atoms with Gasteiger partial charge in [-0.3, -0.25) is 4.79 Å². The van der Waals surface area contributed by atoms with E-state index in [4.69, 9.17) is 4.74 Å². The summed E-state index contributed by atoms with van der Waals surface area (Å²) in [5, 5.41) is 2.08. The number of ketones is 1. The predicted octanol–water partition coefficient (Wildman–Crippen LogP) is 4.45. The molecule has 3 aromatic rings. The Bertz CT molecular complexity index is 878. The Kier molecular flexibility index (Phi) is 2.58. The number of rotatable bonds is 2. The summed E-state index contributed by atoms with van der Waals surface area (Å²) in [4.78, 5) is 12.7. The van der Waals surface area contributed by atoms with Gasteiger partial charge in [-0.25, -0.2) is 0 Å². The van der Waals surface area contributed by atoms with Crippen LogP contribution in [0.3, 0.4) is 0 Å². The molecule has 0 N–H and O–H groups in total. The molecule has 0 heterocycles. The molecule has 1 aliphatic rings. The molecule has 21 heavy (non-hydrogen) atoms. The summed E-state index contributed by atoms with van der Waals surface area (Å²) in [6, 6.07) is 17.7. The average molecular weight is 274 g/mol. The molecule has 0 unspecified atom stereocenters. The Morgan fingerprint density at radius 2 is 1.62 bits per heavy atom. The zero-order valence-electron chi connectivity index (χ0n) is 11.7. The third-order valence-electron chi connectivity index (χ3n) is 3.99. The zero-order chi connectivity index (χ0) is 14.4. The smallest absolute Gasteiger partial charge is 0.194 e. The van der Waals surface area contributed by atoms with Crippen molar-refractivity contribution in [2.24, 2.45) is 0 Å². The van der Waals surface area contributed by atoms with Crippen LogP contribution >= 0.6 is 0 Å². The minimum Gasteiger partial charge on any atom is -0.493 e. The van der Waals surface area contributed by atoms with Gasteiger partial charge in [-0.05, 0) is 23.9 Å². The van der Waals surface area contributed by atoms with E-state index >= 15 is 0 Å². The molecule has 0 aromatic heterocycles. The van der Waals surface area contributed by atoms with Crippen LogP contribution in [-0.4, -0.2) is 12.4 Å². The second-order valence-corrected chi connectivity index (χ2v) is 5.15. The third kappa shape index (κ3) is 1.62. The quantitative estimate of drug-likeness (QED) is 0.540. The van der Waals surface area contributed by atoms with E-state index in [1.165, 1.54) is 0 Å². The predicted molar refractivity (Wildman–Crippen MR) is 84.0 cm³/mol. The van der Waals surface area contributed by atoms with Crippen molar-refractivity contribution in [3.05, 3.63) is 65.7 Å². The van der Waals surface area contributed by atoms with Crippen LogP contribution in [0.5, 0.6) is 5.75 Å². The molecule has 1 aliphatic carbocycles. The lowest BCUT2D eigenvalue weighted by molar-refractivity contribution is 0.104. The van der Waals surface area contributed by atoms with E-state index in [1.807, 2.05) is 61.5 Å². The van der Waals surface area contributed by atoms with Crippen LogP contribution in [0.2, 0.25) is 0 Å². The highest BCUT2D eigenvalue weighted by atomic mass is 16.5. The fraction of sp³-hybridized carbons (Fsp3) is 0.105. The van der Waals surface area contributed by atoms with Crippen molar-refractivity contribution < 1.29 is 9.53 Å². The molecule has 0 fully saturated rings. The van der Waals surface area contributed by atoms with E-state index in [2.05, 4.69) is 0 Å². The summed E-state index contributed by atoms with van der Waals surface area (Å²) >= 11 is 0. The first kappa shape index (κ1) is 12.2. The average Bonchev–Trinajstić information content (AvgIpc) is 2.53. The molecule has 4 rings (SSSR count). The fourth-order valence-electron chi connectivity index (χ4n) is 3.14. The van der Waals surface area contributed by atoms with Gasteiger partial charge in [0.25, 0.3) is 0 Å². The van der Waals surface area contributed by atoms with Gasteiger partial charge in [0.05, 0.1) is 6.61 Å². The second kappa shape index (κ2) is 4.45. The number of carbonyl (C=O) groups is 1. The molecule has 0 aliphatic heterocycles. The summed E-state index contributed by atoms with van der Waals surface area (Å²) < 4.78 is 5.81. The highest BCUT2D eigenvalue weighted by molar-refractivity contribution is 6.26. The monoisotopic (exact) mass is 274 g/mol. The Morgan fingerprint density at radius 3 is 2.43 bits per heavy atom. The van der Waals surface area contributed by atoms with Crippen LogP contribution in [0.15, 0.2) is 54.6 Å². The maximum Gasteiger partial charge on any atom is 0.194 e. The summed E-state index contributed by atoms with van der Waals surface area (Å²) in [6.45, 7) is 2.58. The van der Waals surface area contributed by atoms with Gasteiger partial charge in [0.2, 0.25) is 0 Å². The molecule has 0 atom stereocenters.